The second-order valence-electron chi connectivity index (χ2n) is 14.9. The van der Waals surface area contributed by atoms with Gasteiger partial charge in [0.1, 0.15) is 13.2 Å². The smallest absolute Gasteiger partial charge is 0.309 e. The maximum Gasteiger partial charge on any atom is 0.309 e. The summed E-state index contributed by atoms with van der Waals surface area (Å²) in [5, 5.41) is 0. The van der Waals surface area contributed by atoms with E-state index >= 15 is 0 Å². The van der Waals surface area contributed by atoms with Gasteiger partial charge < -0.3 is 14.2 Å². The first-order valence-electron chi connectivity index (χ1n) is 23.1. The Morgan fingerprint density at radius 2 is 0.807 bits per heavy atom. The van der Waals surface area contributed by atoms with E-state index < -0.39 is 12.1 Å². The zero-order chi connectivity index (χ0) is 41.5. The molecule has 0 N–H and O–H groups in total. The number of rotatable bonds is 40. The van der Waals surface area contributed by atoms with Crippen molar-refractivity contribution in [2.45, 2.75) is 207 Å². The van der Waals surface area contributed by atoms with Crippen LogP contribution >= 0.6 is 0 Å². The van der Waals surface area contributed by atoms with Crippen molar-refractivity contribution < 1.29 is 28.6 Å². The Hall–Kier alpha value is -3.41. The van der Waals surface area contributed by atoms with Crippen molar-refractivity contribution in [1.29, 1.82) is 0 Å². The molecule has 57 heavy (non-hydrogen) atoms. The van der Waals surface area contributed by atoms with Crippen LogP contribution < -0.4 is 0 Å². The highest BCUT2D eigenvalue weighted by atomic mass is 16.6. The van der Waals surface area contributed by atoms with Crippen molar-refractivity contribution in [2.75, 3.05) is 13.2 Å². The molecule has 0 aromatic heterocycles. The van der Waals surface area contributed by atoms with Gasteiger partial charge in [-0.1, -0.05) is 183 Å². The lowest BCUT2D eigenvalue weighted by Gasteiger charge is -2.18. The minimum Gasteiger partial charge on any atom is -0.462 e. The highest BCUT2D eigenvalue weighted by Crippen LogP contribution is 2.13. The third-order valence-corrected chi connectivity index (χ3v) is 9.43. The average Bonchev–Trinajstić information content (AvgIpc) is 3.21. The molecule has 0 aliphatic rings. The normalized spacial score (nSPS) is 12.8. The van der Waals surface area contributed by atoms with Gasteiger partial charge in [0, 0.05) is 12.8 Å². The second kappa shape index (κ2) is 45.3. The van der Waals surface area contributed by atoms with E-state index in [2.05, 4.69) is 93.7 Å². The molecule has 0 saturated heterocycles. The number of hydrogen-bond donors (Lipinski definition) is 0. The fourth-order valence-electron chi connectivity index (χ4n) is 6.00. The number of carbonyl (C=O) groups excluding carboxylic acids is 3. The number of allylic oxidation sites excluding steroid dienone is 13. The summed E-state index contributed by atoms with van der Waals surface area (Å²) in [5.74, 6) is -1.09. The number of carbonyl (C=O) groups is 3. The van der Waals surface area contributed by atoms with Crippen molar-refractivity contribution in [1.82, 2.24) is 0 Å². The average molecular weight is 793 g/mol. The van der Waals surface area contributed by atoms with Crippen LogP contribution in [0.2, 0.25) is 0 Å². The van der Waals surface area contributed by atoms with Crippen LogP contribution in [-0.4, -0.2) is 37.2 Å². The van der Waals surface area contributed by atoms with E-state index in [4.69, 9.17) is 14.2 Å². The minimum absolute atomic E-state index is 0.122. The molecular weight excluding hydrogens is 709 g/mol. The van der Waals surface area contributed by atoms with E-state index in [-0.39, 0.29) is 31.6 Å². The van der Waals surface area contributed by atoms with Crippen molar-refractivity contribution in [3.8, 4) is 0 Å². The molecule has 0 aliphatic carbocycles. The lowest BCUT2D eigenvalue weighted by molar-refractivity contribution is -0.166. The molecule has 0 aliphatic heterocycles. The zero-order valence-electron chi connectivity index (χ0n) is 36.8. The molecule has 1 atom stereocenters. The van der Waals surface area contributed by atoms with Gasteiger partial charge in [0.25, 0.3) is 0 Å². The maximum absolute atomic E-state index is 12.7. The summed E-state index contributed by atoms with van der Waals surface area (Å²) in [6, 6.07) is 0. The Morgan fingerprint density at radius 1 is 0.404 bits per heavy atom. The van der Waals surface area contributed by atoms with Crippen LogP contribution in [0.15, 0.2) is 85.1 Å². The number of unbranched alkanes of at least 4 members (excludes halogenated alkanes) is 17. The fourth-order valence-corrected chi connectivity index (χ4v) is 6.00. The first kappa shape index (κ1) is 53.6. The van der Waals surface area contributed by atoms with Gasteiger partial charge in [-0.3, -0.25) is 14.4 Å². The van der Waals surface area contributed by atoms with Crippen LogP contribution in [0.5, 0.6) is 0 Å². The maximum atomic E-state index is 12.7. The summed E-state index contributed by atoms with van der Waals surface area (Å²) in [5.41, 5.74) is 0. The summed E-state index contributed by atoms with van der Waals surface area (Å²) in [7, 11) is 0. The molecule has 0 radical (unpaired) electrons. The van der Waals surface area contributed by atoms with Crippen LogP contribution in [0, 0.1) is 0 Å². The lowest BCUT2D eigenvalue weighted by Crippen LogP contribution is -2.30. The molecule has 0 saturated carbocycles. The van der Waals surface area contributed by atoms with Gasteiger partial charge in [-0.15, -0.1) is 0 Å². The largest absolute Gasteiger partial charge is 0.462 e. The quantitative estimate of drug-likeness (QED) is 0.0202. The van der Waals surface area contributed by atoms with E-state index in [1.165, 1.54) is 70.6 Å². The highest BCUT2D eigenvalue weighted by Gasteiger charge is 2.19. The molecule has 324 valence electrons. The van der Waals surface area contributed by atoms with Crippen molar-refractivity contribution >= 4 is 17.9 Å². The third kappa shape index (κ3) is 43.6. The molecule has 0 amide bonds. The Bertz CT molecular complexity index is 1140. The van der Waals surface area contributed by atoms with E-state index in [0.717, 1.165) is 89.9 Å². The molecule has 0 spiro atoms. The van der Waals surface area contributed by atoms with Crippen LogP contribution in [0.1, 0.15) is 201 Å². The Balaban J connectivity index is 4.47. The summed E-state index contributed by atoms with van der Waals surface area (Å²) >= 11 is 0. The van der Waals surface area contributed by atoms with Gasteiger partial charge in [-0.05, 0) is 83.5 Å². The first-order valence-corrected chi connectivity index (χ1v) is 23.1. The predicted molar refractivity (Wildman–Crippen MR) is 242 cm³/mol. The molecular formula is C51H84O6. The van der Waals surface area contributed by atoms with Gasteiger partial charge in [0.15, 0.2) is 6.10 Å². The molecule has 0 fully saturated rings. The Kier molecular flexibility index (Phi) is 42.6. The highest BCUT2D eigenvalue weighted by molar-refractivity contribution is 5.72. The molecule has 0 aromatic rings. The summed E-state index contributed by atoms with van der Waals surface area (Å²) in [4.78, 5) is 37.6. The van der Waals surface area contributed by atoms with E-state index in [1.54, 1.807) is 6.08 Å². The molecule has 0 aromatic carbocycles. The van der Waals surface area contributed by atoms with E-state index in [0.29, 0.717) is 12.8 Å². The minimum atomic E-state index is -0.825. The standard InChI is InChI=1S/C51H84O6/c1-4-7-10-13-16-19-21-23-25-26-28-29-32-35-38-41-44-50(53)56-47-48(46-55-49(52)43-40-37-34-31-18-15-12-9-6-3)57-51(54)45-42-39-36-33-30-27-24-22-20-17-14-11-8-5-2/h8-9,11-12,17-18,20,25-26,28-29,31,37,40,48H,4-7,10,13-16,19,21-24,27,30,32-36,38-39,41-47H2,1-3H3/b11-8-,12-9-,20-17-,26-25-,29-28-,31-18-,40-37-. The van der Waals surface area contributed by atoms with Crippen LogP contribution in [0.4, 0.5) is 0 Å². The topological polar surface area (TPSA) is 78.9 Å². The van der Waals surface area contributed by atoms with Gasteiger partial charge >= 0.3 is 17.9 Å². The lowest BCUT2D eigenvalue weighted by atomic mass is 10.1. The Morgan fingerprint density at radius 3 is 1.35 bits per heavy atom. The molecule has 0 bridgehead atoms. The van der Waals surface area contributed by atoms with Gasteiger partial charge in [0.2, 0.25) is 0 Å². The van der Waals surface area contributed by atoms with Gasteiger partial charge in [-0.25, -0.2) is 0 Å². The van der Waals surface area contributed by atoms with Crippen molar-refractivity contribution in [3.05, 3.63) is 85.1 Å². The predicted octanol–water partition coefficient (Wildman–Crippen LogP) is 14.9. The van der Waals surface area contributed by atoms with Gasteiger partial charge in [0.05, 0.1) is 6.42 Å². The van der Waals surface area contributed by atoms with Gasteiger partial charge in [-0.2, -0.15) is 0 Å². The monoisotopic (exact) mass is 793 g/mol. The van der Waals surface area contributed by atoms with Crippen LogP contribution in [-0.2, 0) is 28.6 Å². The van der Waals surface area contributed by atoms with E-state index in [9.17, 15) is 14.4 Å². The summed E-state index contributed by atoms with van der Waals surface area (Å²) in [6.45, 7) is 6.26. The van der Waals surface area contributed by atoms with Crippen LogP contribution in [0.3, 0.4) is 0 Å². The van der Waals surface area contributed by atoms with Crippen molar-refractivity contribution in [2.24, 2.45) is 0 Å². The van der Waals surface area contributed by atoms with E-state index in [1.807, 2.05) is 6.08 Å². The molecule has 1 unspecified atom stereocenters. The van der Waals surface area contributed by atoms with Crippen molar-refractivity contribution in [3.63, 3.8) is 0 Å². The number of ether oxygens (including phenoxy) is 3. The second-order valence-corrected chi connectivity index (χ2v) is 14.9. The molecule has 6 nitrogen and oxygen atoms in total. The number of hydrogen-bond acceptors (Lipinski definition) is 6. The van der Waals surface area contributed by atoms with Crippen LogP contribution in [0.25, 0.3) is 0 Å². The molecule has 6 heteroatoms. The summed E-state index contributed by atoms with van der Waals surface area (Å²) in [6.07, 6.45) is 57.5. The fraction of sp³-hybridized carbons (Fsp3) is 0.667. The first-order chi connectivity index (χ1) is 28.0. The third-order valence-electron chi connectivity index (χ3n) is 9.43. The molecule has 0 heterocycles. The zero-order valence-corrected chi connectivity index (χ0v) is 36.8. The summed E-state index contributed by atoms with van der Waals surface area (Å²) < 4.78 is 16.6. The number of esters is 3. The molecule has 0 rings (SSSR count). The Labute approximate surface area is 350 Å². The SMILES string of the molecule is CC/C=C\C/C=C\C/C=C\CC(=O)OCC(COC(=O)CCCCC/C=C\C=C/CCCCCCCCC)OC(=O)CCCCCCCCC/C=C\C/C=C\CC.